The van der Waals surface area contributed by atoms with Gasteiger partial charge >= 0.3 is 0 Å². The number of hydrazone groups is 1. The van der Waals surface area contributed by atoms with Crippen molar-refractivity contribution in [2.45, 2.75) is 0 Å². The molecule has 0 aliphatic carbocycles. The van der Waals surface area contributed by atoms with Crippen molar-refractivity contribution in [3.63, 3.8) is 0 Å². The zero-order valence-electron chi connectivity index (χ0n) is 16.5. The van der Waals surface area contributed by atoms with Crippen molar-refractivity contribution in [3.05, 3.63) is 102 Å². The average molecular weight is 400 g/mol. The van der Waals surface area contributed by atoms with Gasteiger partial charge < -0.3 is 4.90 Å². The molecular formula is C25H22ClN3. The first-order valence-corrected chi connectivity index (χ1v) is 9.85. The lowest BCUT2D eigenvalue weighted by atomic mass is 10.1. The van der Waals surface area contributed by atoms with Crippen LogP contribution >= 0.6 is 11.6 Å². The highest BCUT2D eigenvalue weighted by Gasteiger charge is 2.11. The summed E-state index contributed by atoms with van der Waals surface area (Å²) in [6.07, 6.45) is 1.82. The number of fused-ring (bicyclic) bond motifs is 1. The van der Waals surface area contributed by atoms with Gasteiger partial charge in [-0.2, -0.15) is 5.10 Å². The Morgan fingerprint density at radius 2 is 1.48 bits per heavy atom. The molecule has 0 saturated carbocycles. The van der Waals surface area contributed by atoms with Crippen LogP contribution in [-0.4, -0.2) is 20.3 Å². The summed E-state index contributed by atoms with van der Waals surface area (Å²) in [7, 11) is 3.99. The van der Waals surface area contributed by atoms with Crippen molar-refractivity contribution in [1.29, 1.82) is 0 Å². The van der Waals surface area contributed by atoms with Gasteiger partial charge in [-0.15, -0.1) is 0 Å². The smallest absolute Gasteiger partial charge is 0.0730 e. The Morgan fingerprint density at radius 1 is 0.759 bits per heavy atom. The third-order valence-electron chi connectivity index (χ3n) is 4.81. The van der Waals surface area contributed by atoms with E-state index in [9.17, 15) is 0 Å². The molecule has 0 aliphatic heterocycles. The lowest BCUT2D eigenvalue weighted by Gasteiger charge is -2.21. The van der Waals surface area contributed by atoms with Crippen LogP contribution in [0.5, 0.6) is 0 Å². The zero-order valence-corrected chi connectivity index (χ0v) is 17.2. The van der Waals surface area contributed by atoms with E-state index < -0.39 is 0 Å². The molecule has 0 aromatic heterocycles. The molecule has 0 saturated heterocycles. The van der Waals surface area contributed by atoms with Gasteiger partial charge in [-0.05, 0) is 41.8 Å². The van der Waals surface area contributed by atoms with Crippen LogP contribution in [0.15, 0.2) is 96.1 Å². The Morgan fingerprint density at radius 3 is 2.24 bits per heavy atom. The van der Waals surface area contributed by atoms with Gasteiger partial charge in [0, 0.05) is 30.7 Å². The highest BCUT2D eigenvalue weighted by atomic mass is 35.5. The number of benzene rings is 4. The summed E-state index contributed by atoms with van der Waals surface area (Å²) in [5, 5.41) is 9.78. The molecule has 0 atom stereocenters. The molecule has 0 unspecified atom stereocenters. The molecule has 3 nitrogen and oxygen atoms in total. The molecule has 0 bridgehead atoms. The zero-order chi connectivity index (χ0) is 20.2. The van der Waals surface area contributed by atoms with Gasteiger partial charge in [-0.25, -0.2) is 5.01 Å². The van der Waals surface area contributed by atoms with Crippen LogP contribution < -0.4 is 9.91 Å². The van der Waals surface area contributed by atoms with Gasteiger partial charge in [0.05, 0.1) is 22.6 Å². The van der Waals surface area contributed by atoms with Gasteiger partial charge in [-0.1, -0.05) is 66.2 Å². The molecule has 144 valence electrons. The van der Waals surface area contributed by atoms with Crippen LogP contribution in [0, 0.1) is 0 Å². The predicted molar refractivity (Wildman–Crippen MR) is 126 cm³/mol. The summed E-state index contributed by atoms with van der Waals surface area (Å²) < 4.78 is 0. The summed E-state index contributed by atoms with van der Waals surface area (Å²) in [5.74, 6) is 0. The summed E-state index contributed by atoms with van der Waals surface area (Å²) in [6, 6.07) is 30.7. The number of halogens is 1. The molecule has 0 fully saturated rings. The predicted octanol–water partition coefficient (Wildman–Crippen LogP) is 6.73. The fourth-order valence-corrected chi connectivity index (χ4v) is 3.47. The molecule has 4 rings (SSSR count). The van der Waals surface area contributed by atoms with Gasteiger partial charge in [0.25, 0.3) is 0 Å². The molecule has 29 heavy (non-hydrogen) atoms. The van der Waals surface area contributed by atoms with E-state index in [1.807, 2.05) is 72.7 Å². The van der Waals surface area contributed by atoms with E-state index in [2.05, 4.69) is 48.5 Å². The number of anilines is 3. The molecule has 0 amide bonds. The molecule has 4 aromatic carbocycles. The third-order valence-corrected chi connectivity index (χ3v) is 5.14. The van der Waals surface area contributed by atoms with E-state index in [1.165, 1.54) is 5.39 Å². The molecule has 0 radical (unpaired) electrons. The molecular weight excluding hydrogens is 378 g/mol. The average Bonchev–Trinajstić information content (AvgIpc) is 2.75. The van der Waals surface area contributed by atoms with E-state index in [4.69, 9.17) is 16.7 Å². The normalized spacial score (nSPS) is 11.1. The first-order valence-electron chi connectivity index (χ1n) is 9.47. The van der Waals surface area contributed by atoms with Crippen LogP contribution in [0.3, 0.4) is 0 Å². The summed E-state index contributed by atoms with van der Waals surface area (Å²) in [4.78, 5) is 2.03. The summed E-state index contributed by atoms with van der Waals surface area (Å²) in [6.45, 7) is 0. The monoisotopic (exact) mass is 399 g/mol. The Balaban J connectivity index is 1.79. The van der Waals surface area contributed by atoms with Gasteiger partial charge in [0.15, 0.2) is 0 Å². The van der Waals surface area contributed by atoms with E-state index in [0.717, 1.165) is 28.0 Å². The van der Waals surface area contributed by atoms with Crippen molar-refractivity contribution < 1.29 is 0 Å². The molecule has 0 heterocycles. The van der Waals surface area contributed by atoms with Crippen molar-refractivity contribution in [3.8, 4) is 0 Å². The molecule has 0 N–H and O–H groups in total. The number of para-hydroxylation sites is 1. The van der Waals surface area contributed by atoms with Crippen LogP contribution in [-0.2, 0) is 0 Å². The van der Waals surface area contributed by atoms with E-state index >= 15 is 0 Å². The lowest BCUT2D eigenvalue weighted by Crippen LogP contribution is -2.10. The maximum absolute atomic E-state index is 6.51. The second kappa shape index (κ2) is 8.38. The van der Waals surface area contributed by atoms with Crippen LogP contribution in [0.4, 0.5) is 17.1 Å². The Bertz CT molecular complexity index is 1150. The first kappa shape index (κ1) is 19.0. The number of hydrogen-bond donors (Lipinski definition) is 0. The first-order chi connectivity index (χ1) is 14.1. The second-order valence-corrected chi connectivity index (χ2v) is 7.40. The fraction of sp³-hybridized carbons (Fsp3) is 0.0800. The Labute approximate surface area is 176 Å². The Hall–Kier alpha value is -3.30. The fourth-order valence-electron chi connectivity index (χ4n) is 3.25. The molecule has 0 spiro atoms. The van der Waals surface area contributed by atoms with Gasteiger partial charge in [-0.3, -0.25) is 0 Å². The Kier molecular flexibility index (Phi) is 5.50. The van der Waals surface area contributed by atoms with E-state index in [1.54, 1.807) is 0 Å². The minimum atomic E-state index is 0.672. The second-order valence-electron chi connectivity index (χ2n) is 6.99. The summed E-state index contributed by atoms with van der Waals surface area (Å²) >= 11 is 6.51. The standard InChI is InChI=1S/C25H22ClN3/c1-28(2)22-16-15-20(24(26)17-22)18-27-29(21-11-4-3-5-12-21)25-14-8-10-19-9-6-7-13-23(19)25/h3-18H,1-2H3/b27-18-. The van der Waals surface area contributed by atoms with Crippen LogP contribution in [0.25, 0.3) is 10.8 Å². The highest BCUT2D eigenvalue weighted by molar-refractivity contribution is 6.33. The highest BCUT2D eigenvalue weighted by Crippen LogP contribution is 2.32. The molecule has 0 aliphatic rings. The third kappa shape index (κ3) is 4.10. The molecule has 4 aromatic rings. The van der Waals surface area contributed by atoms with Crippen molar-refractivity contribution >= 4 is 45.7 Å². The van der Waals surface area contributed by atoms with Crippen molar-refractivity contribution in [2.24, 2.45) is 5.10 Å². The minimum absolute atomic E-state index is 0.672. The molecule has 4 heteroatoms. The largest absolute Gasteiger partial charge is 0.378 e. The minimum Gasteiger partial charge on any atom is -0.378 e. The SMILES string of the molecule is CN(C)c1ccc(/C=N\N(c2ccccc2)c2cccc3ccccc23)c(Cl)c1. The van der Waals surface area contributed by atoms with E-state index in [-0.39, 0.29) is 0 Å². The van der Waals surface area contributed by atoms with Crippen molar-refractivity contribution in [1.82, 2.24) is 0 Å². The number of hydrogen-bond acceptors (Lipinski definition) is 3. The topological polar surface area (TPSA) is 18.8 Å². The van der Waals surface area contributed by atoms with Gasteiger partial charge in [0.2, 0.25) is 0 Å². The van der Waals surface area contributed by atoms with E-state index in [0.29, 0.717) is 5.02 Å². The quantitative estimate of drug-likeness (QED) is 0.273. The maximum Gasteiger partial charge on any atom is 0.0730 e. The van der Waals surface area contributed by atoms with Gasteiger partial charge in [0.1, 0.15) is 0 Å². The van der Waals surface area contributed by atoms with Crippen LogP contribution in [0.2, 0.25) is 5.02 Å². The lowest BCUT2D eigenvalue weighted by molar-refractivity contribution is 1.10. The number of rotatable bonds is 5. The van der Waals surface area contributed by atoms with Crippen LogP contribution in [0.1, 0.15) is 5.56 Å². The number of nitrogens with zero attached hydrogens (tertiary/aromatic N) is 3. The maximum atomic E-state index is 6.51. The summed E-state index contributed by atoms with van der Waals surface area (Å²) in [5.41, 5.74) is 3.94. The van der Waals surface area contributed by atoms with Crippen molar-refractivity contribution in [2.75, 3.05) is 24.0 Å².